The number of nitrogens with one attached hydrogen (secondary N) is 1. The minimum Gasteiger partial charge on any atom is -0.346 e. The van der Waals surface area contributed by atoms with Crippen molar-refractivity contribution in [1.82, 2.24) is 10.3 Å². The maximum atomic E-state index is 11.0. The Bertz CT molecular complexity index is 431. The number of aryl methyl sites for hydroxylation is 1. The minimum absolute atomic E-state index is 0.0874. The van der Waals surface area contributed by atoms with E-state index in [1.54, 1.807) is 6.07 Å². The lowest BCUT2D eigenvalue weighted by molar-refractivity contribution is -0.384. The second-order valence-corrected chi connectivity index (χ2v) is 4.15. The van der Waals surface area contributed by atoms with Gasteiger partial charge >= 0.3 is 5.69 Å². The third-order valence-electron chi connectivity index (χ3n) is 3.00. The molecule has 0 saturated carbocycles. The summed E-state index contributed by atoms with van der Waals surface area (Å²) in [5, 5.41) is 14.2. The van der Waals surface area contributed by atoms with Gasteiger partial charge in [-0.25, -0.2) is 4.98 Å². The molecule has 0 atom stereocenters. The monoisotopic (exact) mass is 236 g/mol. The van der Waals surface area contributed by atoms with Crippen LogP contribution in [0.15, 0.2) is 12.1 Å². The van der Waals surface area contributed by atoms with Gasteiger partial charge in [0.05, 0.1) is 11.0 Å². The van der Waals surface area contributed by atoms with E-state index in [-0.39, 0.29) is 10.6 Å². The number of pyridine rings is 1. The van der Waals surface area contributed by atoms with Gasteiger partial charge in [0.1, 0.15) is 0 Å². The number of rotatable bonds is 4. The van der Waals surface area contributed by atoms with Crippen LogP contribution in [0.1, 0.15) is 12.6 Å². The fraction of sp³-hybridized carbons (Fsp3) is 0.545. The Balaban J connectivity index is 2.39. The molecule has 1 aromatic rings. The lowest BCUT2D eigenvalue weighted by Crippen LogP contribution is -2.57. The number of hydrogen-bond acceptors (Lipinski definition) is 5. The Hall–Kier alpha value is -1.69. The third-order valence-corrected chi connectivity index (χ3v) is 3.00. The van der Waals surface area contributed by atoms with Crippen LogP contribution in [0.4, 0.5) is 11.5 Å². The molecular weight excluding hydrogens is 220 g/mol. The quantitative estimate of drug-likeness (QED) is 0.626. The molecule has 0 bridgehead atoms. The molecule has 17 heavy (non-hydrogen) atoms. The highest BCUT2D eigenvalue weighted by Gasteiger charge is 2.29. The van der Waals surface area contributed by atoms with Gasteiger partial charge in [-0.2, -0.15) is 0 Å². The fourth-order valence-electron chi connectivity index (χ4n) is 1.96. The molecule has 2 heterocycles. The molecular formula is C11H16N4O2. The predicted molar refractivity (Wildman–Crippen MR) is 65.3 cm³/mol. The van der Waals surface area contributed by atoms with Gasteiger partial charge in [0.15, 0.2) is 0 Å². The lowest BCUT2D eigenvalue weighted by Gasteiger charge is -2.38. The van der Waals surface area contributed by atoms with Crippen LogP contribution in [-0.4, -0.2) is 35.6 Å². The van der Waals surface area contributed by atoms with Crippen molar-refractivity contribution in [3.8, 4) is 0 Å². The summed E-state index contributed by atoms with van der Waals surface area (Å²) in [5.74, 6) is 0.490. The first-order valence-corrected chi connectivity index (χ1v) is 5.73. The van der Waals surface area contributed by atoms with Crippen LogP contribution < -0.4 is 10.2 Å². The fourth-order valence-corrected chi connectivity index (χ4v) is 1.96. The zero-order valence-corrected chi connectivity index (χ0v) is 10.0. The van der Waals surface area contributed by atoms with Gasteiger partial charge in [0.2, 0.25) is 5.82 Å². The van der Waals surface area contributed by atoms with Gasteiger partial charge in [-0.3, -0.25) is 10.1 Å². The highest BCUT2D eigenvalue weighted by molar-refractivity contribution is 5.59. The lowest BCUT2D eigenvalue weighted by atomic mass is 10.1. The van der Waals surface area contributed by atoms with Crippen LogP contribution >= 0.6 is 0 Å². The van der Waals surface area contributed by atoms with E-state index < -0.39 is 0 Å². The molecule has 92 valence electrons. The van der Waals surface area contributed by atoms with E-state index in [9.17, 15) is 10.1 Å². The molecule has 2 rings (SSSR count). The summed E-state index contributed by atoms with van der Waals surface area (Å²) in [6.07, 6.45) is 0. The smallest absolute Gasteiger partial charge is 0.311 e. The zero-order valence-electron chi connectivity index (χ0n) is 10.0. The second-order valence-electron chi connectivity index (χ2n) is 4.15. The maximum absolute atomic E-state index is 11.0. The topological polar surface area (TPSA) is 71.3 Å². The summed E-state index contributed by atoms with van der Waals surface area (Å²) < 4.78 is 0. The molecule has 6 nitrogen and oxygen atoms in total. The molecule has 1 saturated heterocycles. The Morgan fingerprint density at radius 2 is 2.29 bits per heavy atom. The average Bonchev–Trinajstić information content (AvgIpc) is 2.22. The zero-order chi connectivity index (χ0) is 12.4. The molecule has 0 radical (unpaired) electrons. The van der Waals surface area contributed by atoms with Crippen molar-refractivity contribution < 1.29 is 4.92 Å². The van der Waals surface area contributed by atoms with E-state index in [0.29, 0.717) is 11.9 Å². The summed E-state index contributed by atoms with van der Waals surface area (Å²) in [6.45, 7) is 6.29. The Labute approximate surface area is 99.8 Å². The SMILES string of the molecule is CCN(c1nc(C)ccc1[N+](=O)[O-])C1CNC1. The summed E-state index contributed by atoms with van der Waals surface area (Å²) in [4.78, 5) is 17.0. The number of anilines is 1. The maximum Gasteiger partial charge on any atom is 0.311 e. The number of likely N-dealkylation sites (N-methyl/N-ethyl adjacent to an activating group) is 1. The average molecular weight is 236 g/mol. The summed E-state index contributed by atoms with van der Waals surface area (Å²) in [5.41, 5.74) is 0.890. The molecule has 1 aliphatic rings. The highest BCUT2D eigenvalue weighted by Crippen LogP contribution is 2.28. The molecule has 1 N–H and O–H groups in total. The Kier molecular flexibility index (Phi) is 3.23. The standard InChI is InChI=1S/C11H16N4O2/c1-3-14(9-6-12-7-9)11-10(15(16)17)5-4-8(2)13-11/h4-5,9,12H,3,6-7H2,1-2H3. The van der Waals surface area contributed by atoms with Crippen LogP contribution in [0.5, 0.6) is 0 Å². The molecule has 0 aliphatic carbocycles. The van der Waals surface area contributed by atoms with Gasteiger partial charge in [0, 0.05) is 31.4 Å². The van der Waals surface area contributed by atoms with Crippen LogP contribution in [0.25, 0.3) is 0 Å². The van der Waals surface area contributed by atoms with Crippen LogP contribution in [-0.2, 0) is 0 Å². The number of nitro groups is 1. The first-order valence-electron chi connectivity index (χ1n) is 5.73. The molecule has 1 aliphatic heterocycles. The van der Waals surface area contributed by atoms with Gasteiger partial charge in [-0.1, -0.05) is 0 Å². The van der Waals surface area contributed by atoms with Crippen molar-refractivity contribution in [3.63, 3.8) is 0 Å². The molecule has 0 unspecified atom stereocenters. The van der Waals surface area contributed by atoms with Crippen molar-refractivity contribution in [1.29, 1.82) is 0 Å². The molecule has 1 fully saturated rings. The van der Waals surface area contributed by atoms with Crippen molar-refractivity contribution in [2.75, 3.05) is 24.5 Å². The normalized spacial score (nSPS) is 15.4. The van der Waals surface area contributed by atoms with Gasteiger partial charge < -0.3 is 10.2 Å². The van der Waals surface area contributed by atoms with E-state index in [4.69, 9.17) is 0 Å². The van der Waals surface area contributed by atoms with E-state index in [1.807, 2.05) is 18.7 Å². The van der Waals surface area contributed by atoms with E-state index in [1.165, 1.54) is 6.07 Å². The van der Waals surface area contributed by atoms with Gasteiger partial charge in [0.25, 0.3) is 0 Å². The van der Waals surface area contributed by atoms with E-state index in [2.05, 4.69) is 10.3 Å². The third kappa shape index (κ3) is 2.21. The Morgan fingerprint density at radius 3 is 2.76 bits per heavy atom. The van der Waals surface area contributed by atoms with Crippen LogP contribution in [0.2, 0.25) is 0 Å². The molecule has 0 spiro atoms. The minimum atomic E-state index is -0.365. The Morgan fingerprint density at radius 1 is 1.59 bits per heavy atom. The summed E-state index contributed by atoms with van der Waals surface area (Å²) in [6, 6.07) is 3.52. The van der Waals surface area contributed by atoms with Crippen molar-refractivity contribution in [2.24, 2.45) is 0 Å². The van der Waals surface area contributed by atoms with E-state index >= 15 is 0 Å². The first kappa shape index (κ1) is 11.8. The predicted octanol–water partition coefficient (Wildman–Crippen LogP) is 1.10. The number of aromatic nitrogens is 1. The van der Waals surface area contributed by atoms with Crippen molar-refractivity contribution in [3.05, 3.63) is 27.9 Å². The van der Waals surface area contributed by atoms with Crippen molar-refractivity contribution in [2.45, 2.75) is 19.9 Å². The highest BCUT2D eigenvalue weighted by atomic mass is 16.6. The van der Waals surface area contributed by atoms with Gasteiger partial charge in [-0.15, -0.1) is 0 Å². The second kappa shape index (κ2) is 4.67. The van der Waals surface area contributed by atoms with Crippen molar-refractivity contribution >= 4 is 11.5 Å². The van der Waals surface area contributed by atoms with Gasteiger partial charge in [-0.05, 0) is 19.9 Å². The number of nitrogens with zero attached hydrogens (tertiary/aromatic N) is 3. The first-order chi connectivity index (χ1) is 8.13. The summed E-state index contributed by atoms with van der Waals surface area (Å²) in [7, 11) is 0. The number of hydrogen-bond donors (Lipinski definition) is 1. The van der Waals surface area contributed by atoms with Crippen LogP contribution in [0.3, 0.4) is 0 Å². The van der Waals surface area contributed by atoms with E-state index in [0.717, 1.165) is 25.3 Å². The summed E-state index contributed by atoms with van der Waals surface area (Å²) >= 11 is 0. The molecule has 0 amide bonds. The molecule has 1 aromatic heterocycles. The van der Waals surface area contributed by atoms with Crippen LogP contribution in [0, 0.1) is 17.0 Å². The largest absolute Gasteiger partial charge is 0.346 e. The molecule has 0 aromatic carbocycles. The molecule has 6 heteroatoms.